The zero-order chi connectivity index (χ0) is 23.2. The number of hydrogen-bond acceptors (Lipinski definition) is 6. The number of unbranched alkanes of at least 4 members (excludes halogenated alkanes) is 1. The topological polar surface area (TPSA) is 66.9 Å². The van der Waals surface area contributed by atoms with Crippen molar-refractivity contribution < 1.29 is 14.3 Å². The van der Waals surface area contributed by atoms with Gasteiger partial charge in [0.15, 0.2) is 0 Å². The Morgan fingerprint density at radius 3 is 2.70 bits per heavy atom. The van der Waals surface area contributed by atoms with E-state index in [1.807, 2.05) is 44.2 Å². The van der Waals surface area contributed by atoms with Crippen LogP contribution >= 0.6 is 11.6 Å². The van der Waals surface area contributed by atoms with Gasteiger partial charge in [0.05, 0.1) is 18.4 Å². The van der Waals surface area contributed by atoms with Crippen molar-refractivity contribution in [3.8, 4) is 11.6 Å². The number of aromatic nitrogens is 1. The number of nitrogens with zero attached hydrogens (tertiary/aromatic N) is 3. The molecule has 2 aliphatic rings. The summed E-state index contributed by atoms with van der Waals surface area (Å²) < 4.78 is 11.8. The van der Waals surface area contributed by atoms with E-state index in [4.69, 9.17) is 21.1 Å². The highest BCUT2D eigenvalue weighted by atomic mass is 35.5. The van der Waals surface area contributed by atoms with Gasteiger partial charge in [0.1, 0.15) is 11.6 Å². The van der Waals surface area contributed by atoms with E-state index in [0.717, 1.165) is 74.0 Å². The third kappa shape index (κ3) is 6.51. The fourth-order valence-electron chi connectivity index (χ4n) is 4.22. The number of pyridine rings is 1. The minimum Gasteiger partial charge on any atom is -0.489 e. The summed E-state index contributed by atoms with van der Waals surface area (Å²) in [6.07, 6.45) is 3.43. The van der Waals surface area contributed by atoms with E-state index in [2.05, 4.69) is 20.1 Å². The number of carbonyl (C=O) groups is 1. The van der Waals surface area contributed by atoms with Crippen LogP contribution in [0.1, 0.15) is 38.7 Å². The molecule has 1 aromatic carbocycles. The van der Waals surface area contributed by atoms with Gasteiger partial charge in [-0.1, -0.05) is 11.6 Å². The van der Waals surface area contributed by atoms with Gasteiger partial charge in [-0.25, -0.2) is 0 Å². The van der Waals surface area contributed by atoms with Crippen LogP contribution in [0.4, 0.5) is 11.5 Å². The molecular weight excluding hydrogens is 440 g/mol. The van der Waals surface area contributed by atoms with Crippen LogP contribution < -0.4 is 19.7 Å². The maximum atomic E-state index is 11.5. The Labute approximate surface area is 201 Å². The first-order chi connectivity index (χ1) is 16.0. The molecule has 7 nitrogen and oxygen atoms in total. The van der Waals surface area contributed by atoms with Gasteiger partial charge in [-0.3, -0.25) is 9.69 Å². The van der Waals surface area contributed by atoms with Crippen LogP contribution in [-0.2, 0) is 11.2 Å². The van der Waals surface area contributed by atoms with Gasteiger partial charge in [0, 0.05) is 43.7 Å². The number of benzene rings is 1. The van der Waals surface area contributed by atoms with Gasteiger partial charge in [-0.15, -0.1) is 0 Å². The summed E-state index contributed by atoms with van der Waals surface area (Å²) in [5, 5.41) is 3.56. The van der Waals surface area contributed by atoms with Crippen LogP contribution in [0, 0.1) is 0 Å². The molecule has 1 N–H and O–H groups in total. The molecule has 8 heteroatoms. The molecule has 1 aromatic heterocycles. The summed E-state index contributed by atoms with van der Waals surface area (Å²) in [6.45, 7) is 9.69. The van der Waals surface area contributed by atoms with Gasteiger partial charge in [-0.05, 0) is 69.5 Å². The molecule has 1 saturated heterocycles. The first kappa shape index (κ1) is 23.6. The van der Waals surface area contributed by atoms with Gasteiger partial charge in [0.2, 0.25) is 11.8 Å². The zero-order valence-electron chi connectivity index (χ0n) is 19.5. The lowest BCUT2D eigenvalue weighted by Crippen LogP contribution is -2.46. The third-order valence-corrected chi connectivity index (χ3v) is 6.18. The molecule has 0 saturated carbocycles. The minimum atomic E-state index is 0.0197. The Kier molecular flexibility index (Phi) is 7.93. The summed E-state index contributed by atoms with van der Waals surface area (Å²) in [7, 11) is 0. The number of anilines is 2. The van der Waals surface area contributed by atoms with E-state index < -0.39 is 0 Å². The highest BCUT2D eigenvalue weighted by Crippen LogP contribution is 2.33. The van der Waals surface area contributed by atoms with Crippen LogP contribution in [0.5, 0.6) is 11.6 Å². The Morgan fingerprint density at radius 2 is 1.91 bits per heavy atom. The Bertz CT molecular complexity index is 961. The number of nitrogens with one attached hydrogen (secondary N) is 1. The van der Waals surface area contributed by atoms with Crippen LogP contribution in [0.3, 0.4) is 0 Å². The highest BCUT2D eigenvalue weighted by molar-refractivity contribution is 6.30. The van der Waals surface area contributed by atoms with Crippen molar-refractivity contribution in [2.24, 2.45) is 0 Å². The lowest BCUT2D eigenvalue weighted by Gasteiger charge is -2.37. The number of rotatable bonds is 9. The first-order valence-electron chi connectivity index (χ1n) is 11.8. The lowest BCUT2D eigenvalue weighted by atomic mass is 10.1. The Hall–Kier alpha value is -2.51. The fraction of sp³-hybridized carbons (Fsp3) is 0.520. The van der Waals surface area contributed by atoms with E-state index in [-0.39, 0.29) is 12.0 Å². The smallest absolute Gasteiger partial charge is 0.225 e. The predicted octanol–water partition coefficient (Wildman–Crippen LogP) is 4.39. The van der Waals surface area contributed by atoms with Gasteiger partial charge < -0.3 is 19.7 Å². The van der Waals surface area contributed by atoms with E-state index in [1.54, 1.807) is 0 Å². The molecule has 178 valence electrons. The van der Waals surface area contributed by atoms with E-state index in [1.165, 1.54) is 0 Å². The molecule has 1 fully saturated rings. The summed E-state index contributed by atoms with van der Waals surface area (Å²) in [4.78, 5) is 20.8. The molecule has 33 heavy (non-hydrogen) atoms. The fourth-order valence-corrected chi connectivity index (χ4v) is 4.39. The number of aryl methyl sites for hydroxylation is 1. The minimum absolute atomic E-state index is 0.0197. The average molecular weight is 473 g/mol. The van der Waals surface area contributed by atoms with E-state index >= 15 is 0 Å². The SMILES string of the molecule is CC(C)Oc1ccc(Cl)cc1N1CCN(CCCCOc2ccc3c(n2)NC(=O)CC3)CC1. The highest BCUT2D eigenvalue weighted by Gasteiger charge is 2.21. The molecule has 0 atom stereocenters. The molecule has 0 spiro atoms. The largest absolute Gasteiger partial charge is 0.489 e. The maximum Gasteiger partial charge on any atom is 0.225 e. The van der Waals surface area contributed by atoms with Crippen LogP contribution in [-0.4, -0.2) is 61.2 Å². The molecule has 0 unspecified atom stereocenters. The van der Waals surface area contributed by atoms with Gasteiger partial charge in [0.25, 0.3) is 0 Å². The third-order valence-electron chi connectivity index (χ3n) is 5.95. The van der Waals surface area contributed by atoms with Crippen molar-refractivity contribution in [3.63, 3.8) is 0 Å². The molecule has 0 bridgehead atoms. The van der Waals surface area contributed by atoms with Crippen molar-refractivity contribution in [1.29, 1.82) is 0 Å². The maximum absolute atomic E-state index is 11.5. The molecule has 0 radical (unpaired) electrons. The molecule has 1 amide bonds. The van der Waals surface area contributed by atoms with E-state index in [9.17, 15) is 4.79 Å². The van der Waals surface area contributed by atoms with Crippen molar-refractivity contribution in [1.82, 2.24) is 9.88 Å². The number of ether oxygens (including phenoxy) is 2. The molecule has 0 aliphatic carbocycles. The van der Waals surface area contributed by atoms with Gasteiger partial charge in [-0.2, -0.15) is 4.98 Å². The van der Waals surface area contributed by atoms with Crippen LogP contribution in [0.25, 0.3) is 0 Å². The van der Waals surface area contributed by atoms with Crippen molar-refractivity contribution in [2.45, 2.75) is 45.6 Å². The average Bonchev–Trinajstić information content (AvgIpc) is 2.80. The number of carbonyl (C=O) groups excluding carboxylic acids is 1. The number of hydrogen-bond donors (Lipinski definition) is 1. The standard InChI is InChI=1S/C25H33ClN4O3/c1-18(2)33-22-8-7-20(26)17-21(22)30-14-12-29(13-15-30)11-3-4-16-32-24-10-6-19-5-9-23(31)27-25(19)28-24/h6-8,10,17-18H,3-5,9,11-16H2,1-2H3,(H,27,28,31). The Balaban J connectivity index is 1.18. The Morgan fingerprint density at radius 1 is 1.09 bits per heavy atom. The molecular formula is C25H33ClN4O3. The summed E-state index contributed by atoms with van der Waals surface area (Å²) in [5.74, 6) is 2.13. The van der Waals surface area contributed by atoms with Crippen molar-refractivity contribution >= 4 is 29.0 Å². The summed E-state index contributed by atoms with van der Waals surface area (Å²) in [6, 6.07) is 9.75. The van der Waals surface area contributed by atoms with Crippen molar-refractivity contribution in [3.05, 3.63) is 40.9 Å². The number of fused-ring (bicyclic) bond motifs is 1. The molecule has 4 rings (SSSR count). The first-order valence-corrected chi connectivity index (χ1v) is 12.2. The zero-order valence-corrected chi connectivity index (χ0v) is 20.2. The molecule has 2 aliphatic heterocycles. The monoisotopic (exact) mass is 472 g/mol. The quantitative estimate of drug-likeness (QED) is 0.546. The molecule has 3 heterocycles. The number of amides is 1. The number of piperazine rings is 1. The van der Waals surface area contributed by atoms with Crippen LogP contribution in [0.2, 0.25) is 5.02 Å². The van der Waals surface area contributed by atoms with Gasteiger partial charge >= 0.3 is 0 Å². The molecule has 2 aromatic rings. The second-order valence-corrected chi connectivity index (χ2v) is 9.30. The van der Waals surface area contributed by atoms with Crippen LogP contribution in [0.15, 0.2) is 30.3 Å². The number of halogens is 1. The van der Waals surface area contributed by atoms with E-state index in [0.29, 0.717) is 24.7 Å². The normalized spacial score (nSPS) is 16.5. The predicted molar refractivity (Wildman–Crippen MR) is 132 cm³/mol. The second kappa shape index (κ2) is 11.1. The summed E-state index contributed by atoms with van der Waals surface area (Å²) in [5.41, 5.74) is 2.15. The summed E-state index contributed by atoms with van der Waals surface area (Å²) >= 11 is 6.26. The lowest BCUT2D eigenvalue weighted by molar-refractivity contribution is -0.116. The second-order valence-electron chi connectivity index (χ2n) is 8.87. The van der Waals surface area contributed by atoms with Crippen molar-refractivity contribution in [2.75, 3.05) is 49.5 Å².